The summed E-state index contributed by atoms with van der Waals surface area (Å²) in [5.41, 5.74) is -0.971. The van der Waals surface area contributed by atoms with Crippen LogP contribution >= 0.6 is 0 Å². The summed E-state index contributed by atoms with van der Waals surface area (Å²) in [5, 5.41) is 0. The van der Waals surface area contributed by atoms with Gasteiger partial charge < -0.3 is 0 Å². The summed E-state index contributed by atoms with van der Waals surface area (Å²) in [4.78, 5) is 28.2. The van der Waals surface area contributed by atoms with Crippen LogP contribution in [0.1, 0.15) is 201 Å². The van der Waals surface area contributed by atoms with Crippen LogP contribution in [0, 0.1) is 0 Å². The number of nitrogens with zero attached hydrogens (tertiary/aromatic N) is 1. The van der Waals surface area contributed by atoms with Gasteiger partial charge in [0.25, 0.3) is 0 Å². The maximum atomic E-state index is 13.2. The van der Waals surface area contributed by atoms with Crippen molar-refractivity contribution in [1.82, 2.24) is 4.90 Å². The SMILES string of the molecule is CCCCCCCC/C=C\CCCCCCCC(=O)C(C)(C(=O)CCCCCCC/C=C\CCCCCCCC)N(C)C.COS(=O)(=O)O. The molecule has 0 rings (SSSR count). The number of likely N-dealkylation sites (N-methyl/N-ethyl adjacent to an activating group) is 1. The van der Waals surface area contributed by atoms with Crippen molar-refractivity contribution in [3.8, 4) is 0 Å². The molecule has 49 heavy (non-hydrogen) atoms. The molecule has 0 atom stereocenters. The number of Topliss-reactive ketones (excluding diaryl/α,β-unsaturated/α-hetero) is 2. The zero-order valence-electron chi connectivity index (χ0n) is 33.0. The Bertz CT molecular complexity index is 876. The predicted molar refractivity (Wildman–Crippen MR) is 210 cm³/mol. The van der Waals surface area contributed by atoms with Gasteiger partial charge in [0.1, 0.15) is 5.54 Å². The Morgan fingerprint density at radius 1 is 0.551 bits per heavy atom. The van der Waals surface area contributed by atoms with Crippen LogP contribution in [-0.2, 0) is 24.2 Å². The van der Waals surface area contributed by atoms with Gasteiger partial charge >= 0.3 is 10.4 Å². The third-order valence-electron chi connectivity index (χ3n) is 9.52. The monoisotopic (exact) mass is 714 g/mol. The van der Waals surface area contributed by atoms with E-state index in [0.717, 1.165) is 32.8 Å². The maximum Gasteiger partial charge on any atom is 0.397 e. The summed E-state index contributed by atoms with van der Waals surface area (Å²) in [5.74, 6) is 0.209. The van der Waals surface area contributed by atoms with E-state index in [2.05, 4.69) is 42.3 Å². The van der Waals surface area contributed by atoms with E-state index in [1.807, 2.05) is 25.9 Å². The van der Waals surface area contributed by atoms with Gasteiger partial charge in [-0.15, -0.1) is 0 Å². The molecule has 0 spiro atoms. The number of rotatable bonds is 34. The summed E-state index contributed by atoms with van der Waals surface area (Å²) in [6, 6.07) is 0. The molecule has 0 saturated carbocycles. The Morgan fingerprint density at radius 3 is 1.04 bits per heavy atom. The highest BCUT2D eigenvalue weighted by Crippen LogP contribution is 2.22. The Labute approximate surface area is 304 Å². The van der Waals surface area contributed by atoms with Crippen molar-refractivity contribution in [2.45, 2.75) is 206 Å². The van der Waals surface area contributed by atoms with E-state index >= 15 is 0 Å². The average Bonchev–Trinajstić information content (AvgIpc) is 3.07. The molecule has 8 heteroatoms. The Balaban J connectivity index is 0. The van der Waals surface area contributed by atoms with E-state index in [1.165, 1.54) is 141 Å². The van der Waals surface area contributed by atoms with Gasteiger partial charge in [0.15, 0.2) is 11.6 Å². The van der Waals surface area contributed by atoms with Crippen LogP contribution < -0.4 is 0 Å². The van der Waals surface area contributed by atoms with E-state index in [1.54, 1.807) is 0 Å². The van der Waals surface area contributed by atoms with Gasteiger partial charge in [-0.2, -0.15) is 8.42 Å². The predicted octanol–water partition coefficient (Wildman–Crippen LogP) is 12.0. The van der Waals surface area contributed by atoms with Gasteiger partial charge in [-0.3, -0.25) is 23.2 Å². The fraction of sp³-hybridized carbons (Fsp3) is 0.854. The van der Waals surface area contributed by atoms with E-state index in [4.69, 9.17) is 4.55 Å². The highest BCUT2D eigenvalue weighted by Gasteiger charge is 2.41. The van der Waals surface area contributed by atoms with E-state index in [0.29, 0.717) is 12.8 Å². The second-order valence-corrected chi connectivity index (χ2v) is 15.3. The molecule has 0 aromatic heterocycles. The number of carbonyl (C=O) groups is 2. The molecule has 0 heterocycles. The Morgan fingerprint density at radius 2 is 0.796 bits per heavy atom. The molecule has 0 bridgehead atoms. The molecular weight excluding hydrogens is 635 g/mol. The fourth-order valence-electron chi connectivity index (χ4n) is 5.85. The van der Waals surface area contributed by atoms with Crippen LogP contribution in [0.2, 0.25) is 0 Å². The third-order valence-corrected chi connectivity index (χ3v) is 9.94. The minimum absolute atomic E-state index is 0.105. The molecule has 7 nitrogen and oxygen atoms in total. The van der Waals surface area contributed by atoms with Gasteiger partial charge in [-0.1, -0.05) is 141 Å². The van der Waals surface area contributed by atoms with Crippen LogP contribution in [0.25, 0.3) is 0 Å². The molecule has 0 saturated heterocycles. The lowest BCUT2D eigenvalue weighted by Crippen LogP contribution is -2.54. The first-order valence-corrected chi connectivity index (χ1v) is 21.4. The van der Waals surface area contributed by atoms with E-state index < -0.39 is 15.9 Å². The zero-order valence-corrected chi connectivity index (χ0v) is 33.8. The molecule has 0 amide bonds. The first-order valence-electron chi connectivity index (χ1n) is 20.0. The lowest BCUT2D eigenvalue weighted by molar-refractivity contribution is -0.141. The zero-order chi connectivity index (χ0) is 37.1. The minimum Gasteiger partial charge on any atom is -0.297 e. The van der Waals surface area contributed by atoms with Crippen molar-refractivity contribution >= 4 is 22.0 Å². The summed E-state index contributed by atoms with van der Waals surface area (Å²) < 4.78 is 29.7. The van der Waals surface area contributed by atoms with Gasteiger partial charge in [0.2, 0.25) is 0 Å². The molecule has 1 N–H and O–H groups in total. The molecule has 0 fully saturated rings. The van der Waals surface area contributed by atoms with Crippen LogP contribution in [0.4, 0.5) is 0 Å². The van der Waals surface area contributed by atoms with Crippen molar-refractivity contribution in [1.29, 1.82) is 0 Å². The van der Waals surface area contributed by atoms with Crippen LogP contribution in [-0.4, -0.2) is 56.2 Å². The molecule has 290 valence electrons. The van der Waals surface area contributed by atoms with Crippen molar-refractivity contribution in [3.05, 3.63) is 24.3 Å². The number of allylic oxidation sites excluding steroid dienone is 4. The standard InChI is InChI=1S/C40H75NO2.CH4O4S/c1-6-8-10-12-14-16-18-20-22-24-26-28-30-32-34-36-38(42)40(3,41(4)5)39(43)37-35-33-31-29-27-25-23-21-19-17-15-13-11-9-7-2;1-5-6(2,3)4/h20-23H,6-19,24-37H2,1-5H3;1H3,(H,2,3,4)/b22-20-,23-21-;. The highest BCUT2D eigenvalue weighted by atomic mass is 32.3. The number of ketones is 2. The number of unbranched alkanes of at least 4 members (excludes halogenated alkanes) is 22. The van der Waals surface area contributed by atoms with Crippen LogP contribution in [0.15, 0.2) is 24.3 Å². The van der Waals surface area contributed by atoms with Crippen LogP contribution in [0.5, 0.6) is 0 Å². The van der Waals surface area contributed by atoms with Crippen molar-refractivity contribution < 1.29 is 26.7 Å². The first-order chi connectivity index (χ1) is 23.5. The quantitative estimate of drug-likeness (QED) is 0.0306. The van der Waals surface area contributed by atoms with E-state index in [9.17, 15) is 18.0 Å². The number of hydrogen-bond acceptors (Lipinski definition) is 6. The lowest BCUT2D eigenvalue weighted by Gasteiger charge is -2.33. The summed E-state index contributed by atoms with van der Waals surface area (Å²) in [7, 11) is 0.478. The Hall–Kier alpha value is -1.35. The van der Waals surface area contributed by atoms with Crippen molar-refractivity contribution in [2.75, 3.05) is 21.2 Å². The molecule has 0 aliphatic carbocycles. The van der Waals surface area contributed by atoms with Gasteiger partial charge in [0, 0.05) is 12.8 Å². The number of carbonyl (C=O) groups excluding carboxylic acids is 2. The third kappa shape index (κ3) is 32.3. The highest BCUT2D eigenvalue weighted by molar-refractivity contribution is 7.80. The van der Waals surface area contributed by atoms with Gasteiger partial charge in [-0.25, -0.2) is 0 Å². The lowest BCUT2D eigenvalue weighted by atomic mass is 9.84. The number of hydrogen-bond donors (Lipinski definition) is 1. The molecule has 0 unspecified atom stereocenters. The summed E-state index contributed by atoms with van der Waals surface area (Å²) >= 11 is 0. The topological polar surface area (TPSA) is 101 Å². The second-order valence-electron chi connectivity index (χ2n) is 14.1. The van der Waals surface area contributed by atoms with Gasteiger partial charge in [-0.05, 0) is 85.2 Å². The summed E-state index contributed by atoms with van der Waals surface area (Å²) in [6.07, 6.45) is 43.0. The van der Waals surface area contributed by atoms with Crippen LogP contribution in [0.3, 0.4) is 0 Å². The van der Waals surface area contributed by atoms with E-state index in [-0.39, 0.29) is 11.6 Å². The normalized spacial score (nSPS) is 12.2. The fourth-order valence-corrected chi connectivity index (χ4v) is 5.85. The molecule has 0 aromatic carbocycles. The first kappa shape index (κ1) is 49.8. The van der Waals surface area contributed by atoms with Gasteiger partial charge in [0.05, 0.1) is 7.11 Å². The smallest absolute Gasteiger partial charge is 0.297 e. The van der Waals surface area contributed by atoms with Crippen molar-refractivity contribution in [2.24, 2.45) is 0 Å². The molecule has 0 aliphatic rings. The second kappa shape index (κ2) is 35.1. The molecule has 0 aliphatic heterocycles. The molecule has 0 radical (unpaired) electrons. The molecular formula is C41H79NO6S. The largest absolute Gasteiger partial charge is 0.397 e. The summed E-state index contributed by atoms with van der Waals surface area (Å²) in [6.45, 7) is 6.40. The average molecular weight is 714 g/mol. The minimum atomic E-state index is -4.16. The maximum absolute atomic E-state index is 13.2. The molecule has 0 aromatic rings. The van der Waals surface area contributed by atoms with Crippen molar-refractivity contribution in [3.63, 3.8) is 0 Å². The Kier molecular flexibility index (Phi) is 35.6.